The van der Waals surface area contributed by atoms with Crippen molar-refractivity contribution in [2.45, 2.75) is 4.90 Å². The molecule has 0 fully saturated rings. The molecule has 1 heterocycles. The van der Waals surface area contributed by atoms with Crippen LogP contribution in [0.25, 0.3) is 0 Å². The Kier molecular flexibility index (Phi) is 5.15. The molecule has 132 valence electrons. The molecular weight excluding hydrogens is 378 g/mol. The normalized spacial score (nSPS) is 11.0. The van der Waals surface area contributed by atoms with Crippen molar-refractivity contribution in [3.63, 3.8) is 0 Å². The van der Waals surface area contributed by atoms with Crippen LogP contribution in [0, 0.1) is 0 Å². The van der Waals surface area contributed by atoms with Gasteiger partial charge in [-0.3, -0.25) is 4.79 Å². The van der Waals surface area contributed by atoms with E-state index in [0.717, 1.165) is 0 Å². The zero-order chi connectivity index (χ0) is 18.6. The molecule has 0 aliphatic carbocycles. The number of amides is 1. The second-order valence-corrected chi connectivity index (χ2v) is 7.17. The van der Waals surface area contributed by atoms with Gasteiger partial charge in [-0.25, -0.2) is 23.1 Å². The number of hydrogen-bond donors (Lipinski definition) is 1. The van der Waals surface area contributed by atoms with Gasteiger partial charge < -0.3 is 4.74 Å². The number of rotatable bonds is 5. The van der Waals surface area contributed by atoms with Crippen LogP contribution in [-0.4, -0.2) is 24.3 Å². The van der Waals surface area contributed by atoms with Gasteiger partial charge in [-0.05, 0) is 54.6 Å². The van der Waals surface area contributed by atoms with Gasteiger partial charge in [0.25, 0.3) is 15.9 Å². The van der Waals surface area contributed by atoms with Gasteiger partial charge in [0.15, 0.2) is 0 Å². The molecule has 0 radical (unpaired) electrons. The summed E-state index contributed by atoms with van der Waals surface area (Å²) in [5.74, 6) is -0.351. The number of nitrogens with zero attached hydrogens (tertiary/aromatic N) is 2. The molecule has 0 aliphatic heterocycles. The smallest absolute Gasteiger partial charge is 0.321 e. The lowest BCUT2D eigenvalue weighted by Gasteiger charge is -2.08. The largest absolute Gasteiger partial charge is 0.424 e. The quantitative estimate of drug-likeness (QED) is 0.720. The highest BCUT2D eigenvalue weighted by Crippen LogP contribution is 2.18. The number of benzene rings is 2. The summed E-state index contributed by atoms with van der Waals surface area (Å²) in [4.78, 5) is 20.0. The Morgan fingerprint density at radius 2 is 1.58 bits per heavy atom. The Labute approximate surface area is 154 Å². The molecule has 0 bridgehead atoms. The van der Waals surface area contributed by atoms with Crippen LogP contribution < -0.4 is 9.46 Å². The van der Waals surface area contributed by atoms with Crippen LogP contribution in [0.3, 0.4) is 0 Å². The van der Waals surface area contributed by atoms with Crippen molar-refractivity contribution in [3.8, 4) is 11.8 Å². The van der Waals surface area contributed by atoms with E-state index < -0.39 is 15.9 Å². The summed E-state index contributed by atoms with van der Waals surface area (Å²) in [6.45, 7) is 0. The molecular formula is C17H12ClN3O4S. The van der Waals surface area contributed by atoms with E-state index in [9.17, 15) is 13.2 Å². The number of ether oxygens (including phenoxy) is 1. The van der Waals surface area contributed by atoms with Gasteiger partial charge >= 0.3 is 6.01 Å². The molecule has 0 atom stereocenters. The maximum atomic E-state index is 12.2. The molecule has 3 rings (SSSR count). The fourth-order valence-corrected chi connectivity index (χ4v) is 3.07. The third-order valence-electron chi connectivity index (χ3n) is 3.22. The van der Waals surface area contributed by atoms with Crippen molar-refractivity contribution in [2.24, 2.45) is 0 Å². The number of carbonyl (C=O) groups is 1. The van der Waals surface area contributed by atoms with Crippen molar-refractivity contribution in [1.82, 2.24) is 14.7 Å². The van der Waals surface area contributed by atoms with Gasteiger partial charge in [-0.2, -0.15) is 0 Å². The molecule has 1 amide bonds. The lowest BCUT2D eigenvalue weighted by Crippen LogP contribution is -2.30. The maximum Gasteiger partial charge on any atom is 0.321 e. The van der Waals surface area contributed by atoms with Gasteiger partial charge in [-0.1, -0.05) is 11.6 Å². The van der Waals surface area contributed by atoms with E-state index in [0.29, 0.717) is 10.8 Å². The van der Waals surface area contributed by atoms with Crippen LogP contribution >= 0.6 is 11.6 Å². The molecule has 0 spiro atoms. The molecule has 0 saturated heterocycles. The Morgan fingerprint density at radius 1 is 0.962 bits per heavy atom. The second kappa shape index (κ2) is 7.51. The molecule has 1 N–H and O–H groups in total. The van der Waals surface area contributed by atoms with Gasteiger partial charge in [0.05, 0.1) is 4.90 Å². The zero-order valence-corrected chi connectivity index (χ0v) is 14.7. The van der Waals surface area contributed by atoms with Crippen LogP contribution in [0.1, 0.15) is 10.4 Å². The number of carbonyl (C=O) groups excluding carboxylic acids is 1. The molecule has 1 aromatic heterocycles. The first kappa shape index (κ1) is 17.8. The van der Waals surface area contributed by atoms with E-state index in [-0.39, 0.29) is 16.5 Å². The Hall–Kier alpha value is -2.97. The average molecular weight is 390 g/mol. The van der Waals surface area contributed by atoms with Crippen LogP contribution in [0.15, 0.2) is 71.9 Å². The van der Waals surface area contributed by atoms with Gasteiger partial charge in [0, 0.05) is 23.0 Å². The summed E-state index contributed by atoms with van der Waals surface area (Å²) in [7, 11) is -3.99. The van der Waals surface area contributed by atoms with Crippen LogP contribution in [-0.2, 0) is 10.0 Å². The maximum absolute atomic E-state index is 12.2. The van der Waals surface area contributed by atoms with Gasteiger partial charge in [-0.15, -0.1) is 0 Å². The zero-order valence-electron chi connectivity index (χ0n) is 13.2. The Morgan fingerprint density at radius 3 is 2.19 bits per heavy atom. The van der Waals surface area contributed by atoms with Gasteiger partial charge in [0.1, 0.15) is 5.75 Å². The topological polar surface area (TPSA) is 98.2 Å². The van der Waals surface area contributed by atoms with Crippen molar-refractivity contribution >= 4 is 27.5 Å². The predicted molar refractivity (Wildman–Crippen MR) is 94.7 cm³/mol. The highest BCUT2D eigenvalue weighted by molar-refractivity contribution is 7.90. The molecule has 3 aromatic rings. The van der Waals surface area contributed by atoms with Crippen LogP contribution in [0.4, 0.5) is 0 Å². The minimum Gasteiger partial charge on any atom is -0.424 e. The summed E-state index contributed by atoms with van der Waals surface area (Å²) >= 11 is 5.73. The molecule has 0 unspecified atom stereocenters. The fraction of sp³-hybridized carbons (Fsp3) is 0. The first-order chi connectivity index (χ1) is 12.4. The minimum absolute atomic E-state index is 0.0589. The summed E-state index contributed by atoms with van der Waals surface area (Å²) in [5, 5.41) is 0.397. The van der Waals surface area contributed by atoms with Crippen LogP contribution in [0.2, 0.25) is 5.02 Å². The SMILES string of the molecule is O=C(NS(=O)(=O)c1ccc(Cl)cc1)c1ccc(Oc2ncccn2)cc1. The third kappa shape index (κ3) is 4.35. The molecule has 0 aliphatic rings. The Bertz CT molecular complexity index is 1010. The monoisotopic (exact) mass is 389 g/mol. The summed E-state index contributed by atoms with van der Waals surface area (Å²) in [6.07, 6.45) is 3.07. The van der Waals surface area contributed by atoms with E-state index in [4.69, 9.17) is 16.3 Å². The van der Waals surface area contributed by atoms with E-state index in [2.05, 4.69) is 9.97 Å². The molecule has 9 heteroatoms. The van der Waals surface area contributed by atoms with E-state index in [1.54, 1.807) is 6.07 Å². The molecule has 2 aromatic carbocycles. The van der Waals surface area contributed by atoms with Crippen molar-refractivity contribution < 1.29 is 17.9 Å². The first-order valence-electron chi connectivity index (χ1n) is 7.32. The number of hydrogen-bond acceptors (Lipinski definition) is 6. The Balaban J connectivity index is 1.71. The van der Waals surface area contributed by atoms with E-state index in [1.807, 2.05) is 4.72 Å². The number of nitrogens with one attached hydrogen (secondary N) is 1. The summed E-state index contributed by atoms with van der Waals surface area (Å²) < 4.78 is 31.9. The summed E-state index contributed by atoms with van der Waals surface area (Å²) in [5.41, 5.74) is 0.156. The van der Waals surface area contributed by atoms with E-state index >= 15 is 0 Å². The van der Waals surface area contributed by atoms with E-state index in [1.165, 1.54) is 60.9 Å². The lowest BCUT2D eigenvalue weighted by molar-refractivity contribution is 0.0981. The minimum atomic E-state index is -3.99. The molecule has 0 saturated carbocycles. The van der Waals surface area contributed by atoms with Crippen LogP contribution in [0.5, 0.6) is 11.8 Å². The first-order valence-corrected chi connectivity index (χ1v) is 9.18. The second-order valence-electron chi connectivity index (χ2n) is 5.05. The third-order valence-corrected chi connectivity index (χ3v) is 4.82. The number of halogens is 1. The predicted octanol–water partition coefficient (Wildman–Crippen LogP) is 3.04. The highest BCUT2D eigenvalue weighted by atomic mass is 35.5. The highest BCUT2D eigenvalue weighted by Gasteiger charge is 2.18. The standard InChI is InChI=1S/C17H12ClN3O4S/c18-13-4-8-15(9-5-13)26(23,24)21-16(22)12-2-6-14(7-3-12)25-17-19-10-1-11-20-17/h1-11H,(H,21,22). The van der Waals surface area contributed by atoms with Gasteiger partial charge in [0.2, 0.25) is 0 Å². The number of aromatic nitrogens is 2. The molecule has 26 heavy (non-hydrogen) atoms. The number of sulfonamides is 1. The lowest BCUT2D eigenvalue weighted by atomic mass is 10.2. The fourth-order valence-electron chi connectivity index (χ4n) is 1.97. The summed E-state index contributed by atoms with van der Waals surface area (Å²) in [6, 6.07) is 13.2. The van der Waals surface area contributed by atoms with Crippen molar-refractivity contribution in [3.05, 3.63) is 77.6 Å². The molecule has 7 nitrogen and oxygen atoms in total. The average Bonchev–Trinajstić information content (AvgIpc) is 2.63. The van der Waals surface area contributed by atoms with Crippen molar-refractivity contribution in [2.75, 3.05) is 0 Å². The van der Waals surface area contributed by atoms with Crippen molar-refractivity contribution in [1.29, 1.82) is 0 Å².